The summed E-state index contributed by atoms with van der Waals surface area (Å²) in [6, 6.07) is 17.4. The molecule has 4 unspecified atom stereocenters. The molecule has 0 heterocycles. The van der Waals surface area contributed by atoms with Crippen LogP contribution in [0.3, 0.4) is 0 Å². The smallest absolute Gasteiger partial charge is 0.235 e. The van der Waals surface area contributed by atoms with Crippen LogP contribution in [0.15, 0.2) is 60.7 Å². The van der Waals surface area contributed by atoms with Gasteiger partial charge in [0.15, 0.2) is 0 Å². The van der Waals surface area contributed by atoms with Gasteiger partial charge < -0.3 is 20.8 Å². The second-order valence-corrected chi connectivity index (χ2v) is 10.7. The number of aryl methyl sites for hydroxylation is 4. The van der Waals surface area contributed by atoms with Gasteiger partial charge in [-0.25, -0.2) is 0 Å². The molecular weight excluding hydrogens is 480 g/mol. The lowest BCUT2D eigenvalue weighted by atomic mass is 9.61. The van der Waals surface area contributed by atoms with Crippen molar-refractivity contribution in [1.82, 2.24) is 0 Å². The van der Waals surface area contributed by atoms with E-state index in [1.165, 1.54) is 19.1 Å². The minimum absolute atomic E-state index is 0.00965. The molecule has 0 saturated heterocycles. The molecule has 7 heteroatoms. The molecule has 0 aromatic heterocycles. The molecule has 1 aliphatic carbocycles. The van der Waals surface area contributed by atoms with E-state index in [1.807, 2.05) is 64.1 Å². The van der Waals surface area contributed by atoms with Crippen molar-refractivity contribution < 1.29 is 24.6 Å². The number of rotatable bonds is 5. The Morgan fingerprint density at radius 3 is 1.84 bits per heavy atom. The molecule has 0 bridgehead atoms. The number of nitrogens with one attached hydrogen (secondary N) is 2. The van der Waals surface area contributed by atoms with E-state index < -0.39 is 41.0 Å². The van der Waals surface area contributed by atoms with Crippen molar-refractivity contribution in [3.63, 3.8) is 0 Å². The Labute approximate surface area is 222 Å². The molecule has 3 aromatic rings. The van der Waals surface area contributed by atoms with E-state index in [9.17, 15) is 24.6 Å². The molecule has 2 amide bonds. The highest BCUT2D eigenvalue weighted by Gasteiger charge is 2.56. The summed E-state index contributed by atoms with van der Waals surface area (Å²) >= 11 is 0. The van der Waals surface area contributed by atoms with E-state index in [0.717, 1.165) is 22.3 Å². The average molecular weight is 515 g/mol. The Morgan fingerprint density at radius 2 is 1.32 bits per heavy atom. The van der Waals surface area contributed by atoms with Gasteiger partial charge in [0.25, 0.3) is 0 Å². The molecule has 1 aliphatic rings. The zero-order valence-electron chi connectivity index (χ0n) is 22.3. The molecule has 0 radical (unpaired) electrons. The first-order valence-electron chi connectivity index (χ1n) is 12.7. The predicted octanol–water partition coefficient (Wildman–Crippen LogP) is 4.94. The Bertz CT molecular complexity index is 1390. The summed E-state index contributed by atoms with van der Waals surface area (Å²) < 4.78 is 0. The number of carbonyl (C=O) groups is 3. The molecule has 0 spiro atoms. The van der Waals surface area contributed by atoms with Crippen LogP contribution in [0.25, 0.3) is 0 Å². The first-order chi connectivity index (χ1) is 17.9. The van der Waals surface area contributed by atoms with Crippen LogP contribution in [-0.2, 0) is 14.4 Å². The Balaban J connectivity index is 1.79. The fraction of sp³-hybridized carbons (Fsp3) is 0.323. The molecule has 0 aliphatic heterocycles. The topological polar surface area (TPSA) is 116 Å². The van der Waals surface area contributed by atoms with E-state index in [2.05, 4.69) is 10.6 Å². The maximum absolute atomic E-state index is 13.9. The number of hydrogen-bond donors (Lipinski definition) is 4. The predicted molar refractivity (Wildman–Crippen MR) is 147 cm³/mol. The fourth-order valence-corrected chi connectivity index (χ4v) is 5.35. The lowest BCUT2D eigenvalue weighted by molar-refractivity contribution is -0.150. The van der Waals surface area contributed by atoms with Crippen molar-refractivity contribution >= 4 is 29.0 Å². The average Bonchev–Trinajstić information content (AvgIpc) is 2.83. The monoisotopic (exact) mass is 514 g/mol. The van der Waals surface area contributed by atoms with E-state index >= 15 is 0 Å². The van der Waals surface area contributed by atoms with Crippen LogP contribution in [0.4, 0.5) is 11.4 Å². The lowest BCUT2D eigenvalue weighted by Crippen LogP contribution is -2.56. The van der Waals surface area contributed by atoms with E-state index in [-0.39, 0.29) is 12.2 Å². The minimum atomic E-state index is -1.71. The number of phenols is 1. The molecular formula is C31H34N2O5. The Kier molecular flexibility index (Phi) is 7.42. The van der Waals surface area contributed by atoms with E-state index in [0.29, 0.717) is 16.9 Å². The van der Waals surface area contributed by atoms with Gasteiger partial charge in [0.1, 0.15) is 17.5 Å². The van der Waals surface area contributed by atoms with Gasteiger partial charge in [-0.05, 0) is 86.7 Å². The number of aromatic hydroxyl groups is 1. The molecule has 3 aromatic carbocycles. The van der Waals surface area contributed by atoms with Crippen LogP contribution in [0.2, 0.25) is 0 Å². The second-order valence-electron chi connectivity index (χ2n) is 10.7. The van der Waals surface area contributed by atoms with Crippen LogP contribution in [0.1, 0.15) is 47.1 Å². The third-order valence-electron chi connectivity index (χ3n) is 7.41. The number of phenolic OH excluding ortho intramolecular Hbond substituents is 1. The summed E-state index contributed by atoms with van der Waals surface area (Å²) in [4.78, 5) is 41.1. The molecule has 4 N–H and O–H groups in total. The fourth-order valence-electron chi connectivity index (χ4n) is 5.35. The molecule has 38 heavy (non-hydrogen) atoms. The number of hydrogen-bond acceptors (Lipinski definition) is 5. The van der Waals surface area contributed by atoms with Gasteiger partial charge in [-0.3, -0.25) is 14.4 Å². The van der Waals surface area contributed by atoms with Crippen LogP contribution in [-0.4, -0.2) is 33.4 Å². The number of anilines is 2. The molecule has 7 nitrogen and oxygen atoms in total. The van der Waals surface area contributed by atoms with Gasteiger partial charge in [0.2, 0.25) is 11.8 Å². The SMILES string of the molecule is Cc1ccc(C)c(NC(=O)C2C(=O)CC(C)(O)C(C(=O)Nc3cc(C)ccc3C)C2c2ccc(O)cc2)c1. The van der Waals surface area contributed by atoms with Gasteiger partial charge >= 0.3 is 0 Å². The Morgan fingerprint density at radius 1 is 0.816 bits per heavy atom. The number of Topliss-reactive ketones (excluding diaryl/α,β-unsaturated/α-hetero) is 1. The normalized spacial score (nSPS) is 23.1. The van der Waals surface area contributed by atoms with E-state index in [1.54, 1.807) is 12.1 Å². The highest BCUT2D eigenvalue weighted by molar-refractivity contribution is 6.10. The molecule has 198 valence electrons. The summed E-state index contributed by atoms with van der Waals surface area (Å²) in [5.74, 6) is -4.79. The summed E-state index contributed by atoms with van der Waals surface area (Å²) in [5.41, 5.74) is 3.56. The van der Waals surface area contributed by atoms with Crippen molar-refractivity contribution in [3.8, 4) is 5.75 Å². The van der Waals surface area contributed by atoms with Crippen LogP contribution >= 0.6 is 0 Å². The summed E-state index contributed by atoms with van der Waals surface area (Å²) in [7, 11) is 0. The zero-order chi connectivity index (χ0) is 27.8. The summed E-state index contributed by atoms with van der Waals surface area (Å²) in [5, 5.41) is 27.2. The van der Waals surface area contributed by atoms with Crippen LogP contribution in [0.5, 0.6) is 5.75 Å². The van der Waals surface area contributed by atoms with Crippen molar-refractivity contribution in [1.29, 1.82) is 0 Å². The lowest BCUT2D eigenvalue weighted by Gasteiger charge is -2.44. The van der Waals surface area contributed by atoms with Crippen molar-refractivity contribution in [2.45, 2.75) is 52.6 Å². The number of ketones is 1. The largest absolute Gasteiger partial charge is 0.508 e. The van der Waals surface area contributed by atoms with E-state index in [4.69, 9.17) is 0 Å². The summed E-state index contributed by atoms with van der Waals surface area (Å²) in [6.07, 6.45) is -0.350. The van der Waals surface area contributed by atoms with Crippen molar-refractivity contribution in [3.05, 3.63) is 88.5 Å². The number of carbonyl (C=O) groups excluding carboxylic acids is 3. The van der Waals surface area contributed by atoms with Crippen LogP contribution < -0.4 is 10.6 Å². The maximum Gasteiger partial charge on any atom is 0.235 e. The van der Waals surface area contributed by atoms with Gasteiger partial charge in [-0.15, -0.1) is 0 Å². The van der Waals surface area contributed by atoms with Gasteiger partial charge in [0, 0.05) is 23.7 Å². The minimum Gasteiger partial charge on any atom is -0.508 e. The highest BCUT2D eigenvalue weighted by Crippen LogP contribution is 2.47. The Hall–Kier alpha value is -3.97. The van der Waals surface area contributed by atoms with Crippen molar-refractivity contribution in [2.75, 3.05) is 10.6 Å². The molecule has 1 saturated carbocycles. The standard InChI is InChI=1S/C31H34N2O5/c1-17-6-8-19(3)23(14-17)32-29(36)27-25(35)16-31(5,38)28(26(27)21-10-12-22(34)13-11-21)30(37)33-24-15-18(2)7-9-20(24)4/h6-15,26-28,34,38H,16H2,1-5H3,(H,32,36)(H,33,37). The third kappa shape index (κ3) is 5.48. The molecule has 1 fully saturated rings. The quantitative estimate of drug-likeness (QED) is 0.360. The number of amides is 2. The van der Waals surface area contributed by atoms with Crippen molar-refractivity contribution in [2.24, 2.45) is 11.8 Å². The van der Waals surface area contributed by atoms with Crippen LogP contribution in [0, 0.1) is 39.5 Å². The molecule has 4 atom stereocenters. The second kappa shape index (κ2) is 10.4. The van der Waals surface area contributed by atoms with Gasteiger partial charge in [-0.2, -0.15) is 0 Å². The first-order valence-corrected chi connectivity index (χ1v) is 12.7. The molecule has 4 rings (SSSR count). The van der Waals surface area contributed by atoms with Gasteiger partial charge in [-0.1, -0.05) is 36.4 Å². The maximum atomic E-state index is 13.9. The number of benzene rings is 3. The first kappa shape index (κ1) is 27.1. The summed E-state index contributed by atoms with van der Waals surface area (Å²) in [6.45, 7) is 9.02. The third-order valence-corrected chi connectivity index (χ3v) is 7.41. The highest BCUT2D eigenvalue weighted by atomic mass is 16.3. The number of aliphatic hydroxyl groups is 1. The zero-order valence-corrected chi connectivity index (χ0v) is 22.3. The van der Waals surface area contributed by atoms with Gasteiger partial charge in [0.05, 0.1) is 11.5 Å².